The number of para-hydroxylation sites is 1. The Morgan fingerprint density at radius 3 is 2.75 bits per heavy atom. The molecule has 0 spiro atoms. The Labute approximate surface area is 146 Å². The van der Waals surface area contributed by atoms with Crippen molar-refractivity contribution in [3.8, 4) is 0 Å². The van der Waals surface area contributed by atoms with Crippen LogP contribution < -0.4 is 5.32 Å². The summed E-state index contributed by atoms with van der Waals surface area (Å²) in [4.78, 5) is 15.3. The Bertz CT molecular complexity index is 865. The van der Waals surface area contributed by atoms with Crippen molar-refractivity contribution in [2.75, 3.05) is 0 Å². The summed E-state index contributed by atoms with van der Waals surface area (Å²) >= 11 is 5.85. The molecule has 3 aromatic rings. The van der Waals surface area contributed by atoms with Crippen LogP contribution >= 0.6 is 11.6 Å². The fraction of sp³-hybridized carbons (Fsp3) is 0.150. The highest BCUT2D eigenvalue weighted by molar-refractivity contribution is 6.30. The first kappa shape index (κ1) is 16.3. The van der Waals surface area contributed by atoms with E-state index in [9.17, 15) is 4.79 Å². The monoisotopic (exact) mass is 338 g/mol. The number of fused-ring (bicyclic) bond motifs is 1. The summed E-state index contributed by atoms with van der Waals surface area (Å²) in [5.74, 6) is -0.0997. The normalized spacial score (nSPS) is 12.6. The fourth-order valence-corrected chi connectivity index (χ4v) is 2.84. The van der Waals surface area contributed by atoms with Gasteiger partial charge in [-0.3, -0.25) is 4.79 Å². The fourth-order valence-electron chi connectivity index (χ4n) is 2.72. The molecule has 1 amide bonds. The minimum absolute atomic E-state index is 0.0478. The molecule has 3 nitrogen and oxygen atoms in total. The molecule has 0 aliphatic carbocycles. The van der Waals surface area contributed by atoms with Crippen LogP contribution in [-0.4, -0.2) is 16.9 Å². The van der Waals surface area contributed by atoms with E-state index in [-0.39, 0.29) is 11.9 Å². The minimum atomic E-state index is -0.0997. The van der Waals surface area contributed by atoms with Crippen LogP contribution in [0.1, 0.15) is 18.1 Å². The largest absolute Gasteiger partial charge is 0.361 e. The lowest BCUT2D eigenvalue weighted by molar-refractivity contribution is -0.117. The van der Waals surface area contributed by atoms with Crippen LogP contribution in [0.5, 0.6) is 0 Å². The summed E-state index contributed by atoms with van der Waals surface area (Å²) in [6, 6.07) is 15.6. The highest BCUT2D eigenvalue weighted by Crippen LogP contribution is 2.19. The zero-order valence-electron chi connectivity index (χ0n) is 13.4. The summed E-state index contributed by atoms with van der Waals surface area (Å²) in [5, 5.41) is 4.89. The highest BCUT2D eigenvalue weighted by atomic mass is 35.5. The molecule has 3 rings (SSSR count). The molecule has 1 unspecified atom stereocenters. The molecule has 1 heterocycles. The van der Waals surface area contributed by atoms with E-state index in [1.807, 2.05) is 37.4 Å². The standard InChI is InChI=1S/C20H19ClN2O/c1-14(12-16-13-22-19-5-3-2-4-18(16)19)23-20(24)11-8-15-6-9-17(21)10-7-15/h2-11,13-14,22H,12H2,1H3,(H,23,24). The van der Waals surface area contributed by atoms with E-state index in [0.717, 1.165) is 17.5 Å². The minimum Gasteiger partial charge on any atom is -0.361 e. The molecule has 0 saturated carbocycles. The van der Waals surface area contributed by atoms with Crippen LogP contribution in [0.15, 0.2) is 60.8 Å². The molecule has 0 radical (unpaired) electrons. The third-order valence-electron chi connectivity index (χ3n) is 3.89. The predicted octanol–water partition coefficient (Wildman–Crippen LogP) is 4.58. The second-order valence-corrected chi connectivity index (χ2v) is 6.29. The number of carbonyl (C=O) groups excluding carboxylic acids is 1. The SMILES string of the molecule is CC(Cc1c[nH]c2ccccc12)NC(=O)C=Cc1ccc(Cl)cc1. The molecule has 0 aliphatic heterocycles. The van der Waals surface area contributed by atoms with Gasteiger partial charge >= 0.3 is 0 Å². The number of aromatic nitrogens is 1. The van der Waals surface area contributed by atoms with Crippen LogP contribution in [0.2, 0.25) is 5.02 Å². The Kier molecular flexibility index (Phi) is 5.02. The van der Waals surface area contributed by atoms with Crippen molar-refractivity contribution in [2.24, 2.45) is 0 Å². The number of nitrogens with one attached hydrogen (secondary N) is 2. The van der Waals surface area contributed by atoms with Gasteiger partial charge in [0.1, 0.15) is 0 Å². The molecule has 0 bridgehead atoms. The van der Waals surface area contributed by atoms with Crippen molar-refractivity contribution >= 4 is 34.5 Å². The van der Waals surface area contributed by atoms with Gasteiger partial charge in [0.15, 0.2) is 0 Å². The molecular formula is C20H19ClN2O. The second-order valence-electron chi connectivity index (χ2n) is 5.86. The van der Waals surface area contributed by atoms with Gasteiger partial charge in [0, 0.05) is 34.2 Å². The summed E-state index contributed by atoms with van der Waals surface area (Å²) in [5.41, 5.74) is 3.27. The number of hydrogen-bond donors (Lipinski definition) is 2. The number of hydrogen-bond acceptors (Lipinski definition) is 1. The van der Waals surface area contributed by atoms with Crippen molar-refractivity contribution in [1.82, 2.24) is 10.3 Å². The molecule has 122 valence electrons. The van der Waals surface area contributed by atoms with Gasteiger partial charge in [-0.1, -0.05) is 41.9 Å². The van der Waals surface area contributed by atoms with E-state index < -0.39 is 0 Å². The lowest BCUT2D eigenvalue weighted by Gasteiger charge is -2.11. The Morgan fingerprint density at radius 2 is 1.96 bits per heavy atom. The zero-order valence-corrected chi connectivity index (χ0v) is 14.2. The van der Waals surface area contributed by atoms with E-state index in [1.165, 1.54) is 10.9 Å². The second kappa shape index (κ2) is 7.37. The molecule has 24 heavy (non-hydrogen) atoms. The lowest BCUT2D eigenvalue weighted by Crippen LogP contribution is -2.32. The zero-order chi connectivity index (χ0) is 16.9. The number of benzene rings is 2. The van der Waals surface area contributed by atoms with Gasteiger partial charge in [-0.2, -0.15) is 0 Å². The molecule has 1 atom stereocenters. The Balaban J connectivity index is 1.59. The smallest absolute Gasteiger partial charge is 0.244 e. The van der Waals surface area contributed by atoms with E-state index in [2.05, 4.69) is 22.4 Å². The first-order chi connectivity index (χ1) is 11.6. The molecule has 4 heteroatoms. The van der Waals surface area contributed by atoms with Gasteiger partial charge in [-0.15, -0.1) is 0 Å². The van der Waals surface area contributed by atoms with Gasteiger partial charge in [-0.05, 0) is 48.7 Å². The molecule has 0 aliphatic rings. The van der Waals surface area contributed by atoms with E-state index >= 15 is 0 Å². The van der Waals surface area contributed by atoms with Gasteiger partial charge in [0.2, 0.25) is 5.91 Å². The first-order valence-electron chi connectivity index (χ1n) is 7.91. The Hall–Kier alpha value is -2.52. The first-order valence-corrected chi connectivity index (χ1v) is 8.29. The van der Waals surface area contributed by atoms with Crippen LogP contribution in [0, 0.1) is 0 Å². The quantitative estimate of drug-likeness (QED) is 0.657. The molecule has 2 N–H and O–H groups in total. The average Bonchev–Trinajstić information content (AvgIpc) is 2.97. The van der Waals surface area contributed by atoms with Crippen LogP contribution in [-0.2, 0) is 11.2 Å². The topological polar surface area (TPSA) is 44.9 Å². The lowest BCUT2D eigenvalue weighted by atomic mass is 10.1. The molecule has 2 aromatic carbocycles. The predicted molar refractivity (Wildman–Crippen MR) is 100 cm³/mol. The third kappa shape index (κ3) is 4.06. The van der Waals surface area contributed by atoms with Crippen molar-refractivity contribution in [2.45, 2.75) is 19.4 Å². The molecule has 0 saturated heterocycles. The third-order valence-corrected chi connectivity index (χ3v) is 4.14. The van der Waals surface area contributed by atoms with Crippen molar-refractivity contribution in [3.63, 3.8) is 0 Å². The average molecular weight is 339 g/mol. The van der Waals surface area contributed by atoms with Crippen molar-refractivity contribution in [3.05, 3.63) is 77.0 Å². The number of halogens is 1. The van der Waals surface area contributed by atoms with Gasteiger partial charge in [-0.25, -0.2) is 0 Å². The van der Waals surface area contributed by atoms with E-state index in [4.69, 9.17) is 11.6 Å². The Morgan fingerprint density at radius 1 is 1.21 bits per heavy atom. The summed E-state index contributed by atoms with van der Waals surface area (Å²) in [7, 11) is 0. The van der Waals surface area contributed by atoms with E-state index in [0.29, 0.717) is 5.02 Å². The van der Waals surface area contributed by atoms with Gasteiger partial charge in [0.25, 0.3) is 0 Å². The van der Waals surface area contributed by atoms with E-state index in [1.54, 1.807) is 24.3 Å². The maximum Gasteiger partial charge on any atom is 0.244 e. The summed E-state index contributed by atoms with van der Waals surface area (Å²) in [6.45, 7) is 2.01. The molecule has 0 fully saturated rings. The van der Waals surface area contributed by atoms with Crippen LogP contribution in [0.4, 0.5) is 0 Å². The maximum atomic E-state index is 12.1. The van der Waals surface area contributed by atoms with Gasteiger partial charge in [0.05, 0.1) is 0 Å². The number of amides is 1. The highest BCUT2D eigenvalue weighted by Gasteiger charge is 2.09. The summed E-state index contributed by atoms with van der Waals surface area (Å²) in [6.07, 6.45) is 6.13. The number of rotatable bonds is 5. The molecular weight excluding hydrogens is 320 g/mol. The van der Waals surface area contributed by atoms with Crippen LogP contribution in [0.25, 0.3) is 17.0 Å². The van der Waals surface area contributed by atoms with Crippen molar-refractivity contribution < 1.29 is 4.79 Å². The maximum absolute atomic E-state index is 12.1. The number of H-pyrrole nitrogens is 1. The molecule has 1 aromatic heterocycles. The van der Waals surface area contributed by atoms with Crippen LogP contribution in [0.3, 0.4) is 0 Å². The number of carbonyl (C=O) groups is 1. The number of aromatic amines is 1. The summed E-state index contributed by atoms with van der Waals surface area (Å²) < 4.78 is 0. The van der Waals surface area contributed by atoms with Crippen molar-refractivity contribution in [1.29, 1.82) is 0 Å². The van der Waals surface area contributed by atoms with Gasteiger partial charge < -0.3 is 10.3 Å².